The number of carbonyl (C=O) groups excluding carboxylic acids is 1. The highest BCUT2D eigenvalue weighted by molar-refractivity contribution is 9.10. The van der Waals surface area contributed by atoms with Crippen LogP contribution in [-0.2, 0) is 12.8 Å². The molecule has 2 heteroatoms. The molecule has 0 unspecified atom stereocenters. The van der Waals surface area contributed by atoms with E-state index in [1.807, 2.05) is 30.3 Å². The van der Waals surface area contributed by atoms with E-state index in [9.17, 15) is 4.79 Å². The summed E-state index contributed by atoms with van der Waals surface area (Å²) in [5.41, 5.74) is 7.02. The Morgan fingerprint density at radius 2 is 1.61 bits per heavy atom. The van der Waals surface area contributed by atoms with Crippen molar-refractivity contribution >= 4 is 21.7 Å². The lowest BCUT2D eigenvalue weighted by molar-refractivity contribution is 0.0993. The van der Waals surface area contributed by atoms with E-state index in [2.05, 4.69) is 52.3 Å². The van der Waals surface area contributed by atoms with Gasteiger partial charge in [-0.25, -0.2) is 0 Å². The van der Waals surface area contributed by atoms with Crippen LogP contribution >= 0.6 is 15.9 Å². The molecule has 0 aromatic heterocycles. The van der Waals surface area contributed by atoms with Gasteiger partial charge < -0.3 is 0 Å². The Balaban J connectivity index is 1.60. The van der Waals surface area contributed by atoms with Gasteiger partial charge in [0.25, 0.3) is 0 Å². The molecule has 23 heavy (non-hydrogen) atoms. The van der Waals surface area contributed by atoms with Gasteiger partial charge in [-0.05, 0) is 52.4 Å². The number of rotatable bonds is 3. The van der Waals surface area contributed by atoms with Crippen LogP contribution in [0.2, 0.25) is 0 Å². The number of Topliss-reactive ketones (excluding diaryl/α,β-unsaturated/α-hetero) is 1. The van der Waals surface area contributed by atoms with Crippen LogP contribution < -0.4 is 0 Å². The minimum atomic E-state index is 0.172. The molecule has 1 aliphatic carbocycles. The SMILES string of the molecule is O=C(Cc1ccc(Br)cc1)c1ccc2c(c1)Cc1ccccc1-2. The first-order chi connectivity index (χ1) is 11.2. The van der Waals surface area contributed by atoms with Crippen molar-refractivity contribution in [1.29, 1.82) is 0 Å². The summed E-state index contributed by atoms with van der Waals surface area (Å²) in [6.45, 7) is 0. The lowest BCUT2D eigenvalue weighted by atomic mass is 9.98. The van der Waals surface area contributed by atoms with Crippen LogP contribution in [0.4, 0.5) is 0 Å². The third-order valence-corrected chi connectivity index (χ3v) is 4.92. The minimum Gasteiger partial charge on any atom is -0.294 e. The molecule has 0 heterocycles. The van der Waals surface area contributed by atoms with Crippen molar-refractivity contribution in [2.24, 2.45) is 0 Å². The maximum atomic E-state index is 12.6. The van der Waals surface area contributed by atoms with E-state index in [0.717, 1.165) is 22.0 Å². The van der Waals surface area contributed by atoms with E-state index < -0.39 is 0 Å². The van der Waals surface area contributed by atoms with E-state index >= 15 is 0 Å². The van der Waals surface area contributed by atoms with Crippen LogP contribution in [0.25, 0.3) is 11.1 Å². The van der Waals surface area contributed by atoms with E-state index in [0.29, 0.717) is 6.42 Å². The van der Waals surface area contributed by atoms with Gasteiger partial charge >= 0.3 is 0 Å². The van der Waals surface area contributed by atoms with Gasteiger partial charge in [-0.3, -0.25) is 4.79 Å². The summed E-state index contributed by atoms with van der Waals surface area (Å²) >= 11 is 3.42. The molecule has 1 nitrogen and oxygen atoms in total. The van der Waals surface area contributed by atoms with Gasteiger partial charge in [-0.1, -0.05) is 64.5 Å². The molecule has 0 atom stereocenters. The van der Waals surface area contributed by atoms with Crippen molar-refractivity contribution in [3.8, 4) is 11.1 Å². The first-order valence-corrected chi connectivity index (χ1v) is 8.49. The van der Waals surface area contributed by atoms with Gasteiger partial charge in [0.1, 0.15) is 0 Å². The van der Waals surface area contributed by atoms with E-state index in [1.165, 1.54) is 22.3 Å². The molecular weight excluding hydrogens is 348 g/mol. The highest BCUT2D eigenvalue weighted by atomic mass is 79.9. The fraction of sp³-hybridized carbons (Fsp3) is 0.0952. The van der Waals surface area contributed by atoms with Crippen molar-refractivity contribution in [2.45, 2.75) is 12.8 Å². The normalized spacial score (nSPS) is 11.9. The maximum Gasteiger partial charge on any atom is 0.167 e. The number of benzene rings is 3. The van der Waals surface area contributed by atoms with Crippen molar-refractivity contribution in [3.05, 3.63) is 93.5 Å². The Morgan fingerprint density at radius 1 is 0.870 bits per heavy atom. The summed E-state index contributed by atoms with van der Waals surface area (Å²) in [7, 11) is 0. The van der Waals surface area contributed by atoms with Crippen molar-refractivity contribution in [1.82, 2.24) is 0 Å². The van der Waals surface area contributed by atoms with Crippen LogP contribution in [0.15, 0.2) is 71.2 Å². The molecular formula is C21H15BrO. The van der Waals surface area contributed by atoms with Gasteiger partial charge in [0.05, 0.1) is 0 Å². The third-order valence-electron chi connectivity index (χ3n) is 4.39. The molecule has 4 rings (SSSR count). The predicted octanol–water partition coefficient (Wildman–Crippen LogP) is 5.45. The highest BCUT2D eigenvalue weighted by Crippen LogP contribution is 2.36. The molecule has 3 aromatic rings. The lowest BCUT2D eigenvalue weighted by Crippen LogP contribution is -2.04. The summed E-state index contributed by atoms with van der Waals surface area (Å²) in [5, 5.41) is 0. The van der Waals surface area contributed by atoms with Crippen LogP contribution in [0.3, 0.4) is 0 Å². The first-order valence-electron chi connectivity index (χ1n) is 7.69. The highest BCUT2D eigenvalue weighted by Gasteiger charge is 2.19. The molecule has 3 aromatic carbocycles. The zero-order chi connectivity index (χ0) is 15.8. The number of hydrogen-bond acceptors (Lipinski definition) is 1. The van der Waals surface area contributed by atoms with Crippen LogP contribution in [0.1, 0.15) is 27.0 Å². The molecule has 0 saturated heterocycles. The summed E-state index contributed by atoms with van der Waals surface area (Å²) in [5.74, 6) is 0.172. The molecule has 0 radical (unpaired) electrons. The Labute approximate surface area is 144 Å². The Hall–Kier alpha value is -2.19. The zero-order valence-corrected chi connectivity index (χ0v) is 14.1. The van der Waals surface area contributed by atoms with Crippen LogP contribution in [0.5, 0.6) is 0 Å². The number of carbonyl (C=O) groups is 1. The van der Waals surface area contributed by atoms with Gasteiger partial charge in [-0.15, -0.1) is 0 Å². The van der Waals surface area contributed by atoms with Gasteiger partial charge in [0.2, 0.25) is 0 Å². The summed E-state index contributed by atoms with van der Waals surface area (Å²) in [6.07, 6.45) is 1.37. The summed E-state index contributed by atoms with van der Waals surface area (Å²) in [6, 6.07) is 22.5. The number of ketones is 1. The smallest absolute Gasteiger partial charge is 0.167 e. The topological polar surface area (TPSA) is 17.1 Å². The predicted molar refractivity (Wildman–Crippen MR) is 96.9 cm³/mol. The summed E-state index contributed by atoms with van der Waals surface area (Å²) in [4.78, 5) is 12.6. The van der Waals surface area contributed by atoms with Crippen LogP contribution in [-0.4, -0.2) is 5.78 Å². The Morgan fingerprint density at radius 3 is 2.43 bits per heavy atom. The minimum absolute atomic E-state index is 0.172. The molecule has 0 N–H and O–H groups in total. The molecule has 112 valence electrons. The number of hydrogen-bond donors (Lipinski definition) is 0. The van der Waals surface area contributed by atoms with E-state index in [-0.39, 0.29) is 5.78 Å². The average Bonchev–Trinajstić information content (AvgIpc) is 2.94. The standard InChI is InChI=1S/C21H15BrO/c22-18-8-5-14(6-9-18)11-21(23)16-7-10-20-17(13-16)12-15-3-1-2-4-19(15)20/h1-10,13H,11-12H2. The maximum absolute atomic E-state index is 12.6. The van der Waals surface area contributed by atoms with Crippen LogP contribution in [0, 0.1) is 0 Å². The monoisotopic (exact) mass is 362 g/mol. The lowest BCUT2D eigenvalue weighted by Gasteiger charge is -2.05. The molecule has 0 aliphatic heterocycles. The second-order valence-electron chi connectivity index (χ2n) is 5.93. The molecule has 0 fully saturated rings. The van der Waals surface area contributed by atoms with Crippen molar-refractivity contribution in [2.75, 3.05) is 0 Å². The largest absolute Gasteiger partial charge is 0.294 e. The first kappa shape index (κ1) is 14.4. The molecule has 0 amide bonds. The quantitative estimate of drug-likeness (QED) is 0.443. The Bertz CT molecular complexity index is 894. The molecule has 0 saturated carbocycles. The van der Waals surface area contributed by atoms with Gasteiger partial charge in [0, 0.05) is 16.5 Å². The molecule has 1 aliphatic rings. The fourth-order valence-corrected chi connectivity index (χ4v) is 3.47. The van der Waals surface area contributed by atoms with E-state index in [1.54, 1.807) is 0 Å². The van der Waals surface area contributed by atoms with Crippen molar-refractivity contribution in [3.63, 3.8) is 0 Å². The third kappa shape index (κ3) is 2.75. The second-order valence-corrected chi connectivity index (χ2v) is 6.85. The van der Waals surface area contributed by atoms with E-state index in [4.69, 9.17) is 0 Å². The van der Waals surface area contributed by atoms with Gasteiger partial charge in [0.15, 0.2) is 5.78 Å². The van der Waals surface area contributed by atoms with Crippen molar-refractivity contribution < 1.29 is 4.79 Å². The summed E-state index contributed by atoms with van der Waals surface area (Å²) < 4.78 is 1.03. The van der Waals surface area contributed by atoms with Gasteiger partial charge in [-0.2, -0.15) is 0 Å². The Kier molecular flexibility index (Phi) is 3.62. The average molecular weight is 363 g/mol. The molecule has 0 bridgehead atoms. The second kappa shape index (κ2) is 5.78. The zero-order valence-electron chi connectivity index (χ0n) is 12.6. The fourth-order valence-electron chi connectivity index (χ4n) is 3.21. The number of fused-ring (bicyclic) bond motifs is 3. The molecule has 0 spiro atoms. The number of halogens is 1.